The molecule has 2 rings (SSSR count). The normalized spacial score (nSPS) is 20.8. The van der Waals surface area contributed by atoms with Gasteiger partial charge in [0.15, 0.2) is 0 Å². The van der Waals surface area contributed by atoms with Crippen molar-refractivity contribution in [2.75, 3.05) is 13.1 Å². The average Bonchev–Trinajstić information content (AvgIpc) is 2.86. The van der Waals surface area contributed by atoms with E-state index in [4.69, 9.17) is 5.73 Å². The van der Waals surface area contributed by atoms with Gasteiger partial charge in [0.2, 0.25) is 5.91 Å². The first-order chi connectivity index (χ1) is 9.08. The molecule has 1 aliphatic heterocycles. The largest absolute Gasteiger partial charge is 0.341 e. The van der Waals surface area contributed by atoms with Gasteiger partial charge in [-0.1, -0.05) is 44.2 Å². The van der Waals surface area contributed by atoms with Crippen molar-refractivity contribution in [2.45, 2.75) is 32.7 Å². The molecule has 1 unspecified atom stereocenters. The first-order valence-corrected chi connectivity index (χ1v) is 7.16. The highest BCUT2D eigenvalue weighted by Crippen LogP contribution is 2.21. The molecule has 1 aromatic rings. The Morgan fingerprint density at radius 3 is 2.68 bits per heavy atom. The molecule has 0 radical (unpaired) electrons. The second-order valence-electron chi connectivity index (χ2n) is 5.90. The van der Waals surface area contributed by atoms with E-state index >= 15 is 0 Å². The summed E-state index contributed by atoms with van der Waals surface area (Å²) in [7, 11) is 0. The van der Waals surface area contributed by atoms with Crippen LogP contribution in [0.3, 0.4) is 0 Å². The van der Waals surface area contributed by atoms with E-state index in [-0.39, 0.29) is 17.9 Å². The maximum atomic E-state index is 12.2. The van der Waals surface area contributed by atoms with Gasteiger partial charge in [0.25, 0.3) is 0 Å². The molecule has 104 valence electrons. The molecule has 1 aromatic carbocycles. The van der Waals surface area contributed by atoms with Crippen LogP contribution in [0, 0.1) is 11.8 Å². The van der Waals surface area contributed by atoms with Crippen molar-refractivity contribution < 1.29 is 4.79 Å². The number of rotatable bonds is 4. The van der Waals surface area contributed by atoms with Crippen molar-refractivity contribution >= 4 is 5.91 Å². The fourth-order valence-corrected chi connectivity index (χ4v) is 2.64. The van der Waals surface area contributed by atoms with Gasteiger partial charge < -0.3 is 10.6 Å². The number of nitrogens with zero attached hydrogens (tertiary/aromatic N) is 1. The van der Waals surface area contributed by atoms with E-state index in [0.29, 0.717) is 5.92 Å². The molecule has 1 aliphatic rings. The van der Waals surface area contributed by atoms with Crippen molar-refractivity contribution in [2.24, 2.45) is 17.6 Å². The van der Waals surface area contributed by atoms with Crippen LogP contribution in [-0.2, 0) is 11.2 Å². The number of hydrogen-bond donors (Lipinski definition) is 1. The zero-order chi connectivity index (χ0) is 13.8. The molecule has 0 aliphatic carbocycles. The standard InChI is InChI=1S/C16H24N2O/c1-12(2)15(17)16(19)18-9-8-14(11-18)10-13-6-4-3-5-7-13/h3-7,12,14-15H,8-11,17H2,1-2H3/t14?,15-/m0/s1. The van der Waals surface area contributed by atoms with Gasteiger partial charge >= 0.3 is 0 Å². The van der Waals surface area contributed by atoms with E-state index in [1.807, 2.05) is 24.8 Å². The smallest absolute Gasteiger partial charge is 0.239 e. The van der Waals surface area contributed by atoms with E-state index in [1.54, 1.807) is 0 Å². The Kier molecular flexibility index (Phi) is 4.59. The summed E-state index contributed by atoms with van der Waals surface area (Å²) in [5, 5.41) is 0. The lowest BCUT2D eigenvalue weighted by molar-refractivity contribution is -0.132. The Hall–Kier alpha value is -1.35. The van der Waals surface area contributed by atoms with E-state index in [0.717, 1.165) is 25.9 Å². The molecule has 3 heteroatoms. The number of carbonyl (C=O) groups is 1. The zero-order valence-corrected chi connectivity index (χ0v) is 11.9. The summed E-state index contributed by atoms with van der Waals surface area (Å²) in [6.45, 7) is 5.71. The lowest BCUT2D eigenvalue weighted by atomic mass is 9.99. The van der Waals surface area contributed by atoms with E-state index in [2.05, 4.69) is 24.3 Å². The maximum absolute atomic E-state index is 12.2. The number of likely N-dealkylation sites (tertiary alicyclic amines) is 1. The van der Waals surface area contributed by atoms with Gasteiger partial charge in [-0.3, -0.25) is 4.79 Å². The number of benzene rings is 1. The van der Waals surface area contributed by atoms with Crippen LogP contribution in [0.2, 0.25) is 0 Å². The van der Waals surface area contributed by atoms with Crippen LogP contribution in [0.25, 0.3) is 0 Å². The summed E-state index contributed by atoms with van der Waals surface area (Å²) in [5.74, 6) is 0.900. The molecule has 0 saturated carbocycles. The quantitative estimate of drug-likeness (QED) is 0.900. The molecule has 1 amide bonds. The highest BCUT2D eigenvalue weighted by molar-refractivity contribution is 5.82. The Labute approximate surface area is 115 Å². The molecule has 1 saturated heterocycles. The molecule has 1 heterocycles. The molecule has 0 spiro atoms. The van der Waals surface area contributed by atoms with Crippen LogP contribution in [0.15, 0.2) is 30.3 Å². The molecule has 19 heavy (non-hydrogen) atoms. The topological polar surface area (TPSA) is 46.3 Å². The first kappa shape index (κ1) is 14.1. The summed E-state index contributed by atoms with van der Waals surface area (Å²) in [5.41, 5.74) is 7.30. The summed E-state index contributed by atoms with van der Waals surface area (Å²) in [6, 6.07) is 10.1. The number of nitrogens with two attached hydrogens (primary N) is 1. The predicted octanol–water partition coefficient (Wildman–Crippen LogP) is 2.06. The Morgan fingerprint density at radius 2 is 2.05 bits per heavy atom. The fourth-order valence-electron chi connectivity index (χ4n) is 2.64. The minimum atomic E-state index is -0.351. The lowest BCUT2D eigenvalue weighted by Crippen LogP contribution is -2.45. The fraction of sp³-hybridized carbons (Fsp3) is 0.562. The summed E-state index contributed by atoms with van der Waals surface area (Å²) in [4.78, 5) is 14.1. The highest BCUT2D eigenvalue weighted by Gasteiger charge is 2.30. The van der Waals surface area contributed by atoms with Gasteiger partial charge in [-0.15, -0.1) is 0 Å². The number of hydrogen-bond acceptors (Lipinski definition) is 2. The van der Waals surface area contributed by atoms with Gasteiger partial charge in [0.05, 0.1) is 6.04 Å². The third kappa shape index (κ3) is 3.57. The zero-order valence-electron chi connectivity index (χ0n) is 11.9. The third-order valence-corrected chi connectivity index (χ3v) is 3.97. The van der Waals surface area contributed by atoms with Crippen LogP contribution in [-0.4, -0.2) is 29.9 Å². The number of carbonyl (C=O) groups excluding carboxylic acids is 1. The lowest BCUT2D eigenvalue weighted by Gasteiger charge is -2.23. The van der Waals surface area contributed by atoms with Crippen molar-refractivity contribution in [1.29, 1.82) is 0 Å². The van der Waals surface area contributed by atoms with Crippen LogP contribution in [0.5, 0.6) is 0 Å². The predicted molar refractivity (Wildman–Crippen MR) is 77.6 cm³/mol. The molecule has 0 bridgehead atoms. The van der Waals surface area contributed by atoms with Crippen molar-refractivity contribution in [1.82, 2.24) is 4.90 Å². The maximum Gasteiger partial charge on any atom is 0.239 e. The molecular formula is C16H24N2O. The van der Waals surface area contributed by atoms with Gasteiger partial charge in [-0.2, -0.15) is 0 Å². The highest BCUT2D eigenvalue weighted by atomic mass is 16.2. The van der Waals surface area contributed by atoms with Gasteiger partial charge in [-0.05, 0) is 30.2 Å². The molecule has 1 fully saturated rings. The second-order valence-corrected chi connectivity index (χ2v) is 5.90. The number of amides is 1. The SMILES string of the molecule is CC(C)[C@H](N)C(=O)N1CCC(Cc2ccccc2)C1. The van der Waals surface area contributed by atoms with Gasteiger partial charge in [-0.25, -0.2) is 0 Å². The third-order valence-electron chi connectivity index (χ3n) is 3.97. The molecule has 3 nitrogen and oxygen atoms in total. The summed E-state index contributed by atoms with van der Waals surface area (Å²) in [6.07, 6.45) is 2.15. The molecule has 0 aromatic heterocycles. The first-order valence-electron chi connectivity index (χ1n) is 7.16. The molecule has 2 atom stereocenters. The Morgan fingerprint density at radius 1 is 1.37 bits per heavy atom. The van der Waals surface area contributed by atoms with E-state index in [1.165, 1.54) is 5.56 Å². The van der Waals surface area contributed by atoms with Crippen LogP contribution >= 0.6 is 0 Å². The minimum absolute atomic E-state index is 0.116. The van der Waals surface area contributed by atoms with Crippen molar-refractivity contribution in [3.05, 3.63) is 35.9 Å². The van der Waals surface area contributed by atoms with Crippen molar-refractivity contribution in [3.63, 3.8) is 0 Å². The van der Waals surface area contributed by atoms with Crippen molar-refractivity contribution in [3.8, 4) is 0 Å². The summed E-state index contributed by atoms with van der Waals surface area (Å²) < 4.78 is 0. The van der Waals surface area contributed by atoms with Crippen LogP contribution < -0.4 is 5.73 Å². The average molecular weight is 260 g/mol. The Balaban J connectivity index is 1.88. The van der Waals surface area contributed by atoms with Gasteiger partial charge in [0.1, 0.15) is 0 Å². The van der Waals surface area contributed by atoms with E-state index in [9.17, 15) is 4.79 Å². The molecular weight excluding hydrogens is 236 g/mol. The molecule has 2 N–H and O–H groups in total. The summed E-state index contributed by atoms with van der Waals surface area (Å²) >= 11 is 0. The monoisotopic (exact) mass is 260 g/mol. The second kappa shape index (κ2) is 6.20. The Bertz CT molecular complexity index is 416. The van der Waals surface area contributed by atoms with Crippen LogP contribution in [0.4, 0.5) is 0 Å². The van der Waals surface area contributed by atoms with Crippen LogP contribution in [0.1, 0.15) is 25.8 Å². The minimum Gasteiger partial charge on any atom is -0.341 e. The van der Waals surface area contributed by atoms with E-state index < -0.39 is 0 Å². The van der Waals surface area contributed by atoms with Gasteiger partial charge in [0, 0.05) is 13.1 Å².